The molecule has 0 aromatic heterocycles. The number of piperidine rings is 1. The lowest BCUT2D eigenvalue weighted by Crippen LogP contribution is -2.51. The molecule has 0 N–H and O–H groups in total. The molecular weight excluding hydrogens is 298 g/mol. The van der Waals surface area contributed by atoms with E-state index >= 15 is 0 Å². The van der Waals surface area contributed by atoms with Crippen LogP contribution in [0.2, 0.25) is 0 Å². The van der Waals surface area contributed by atoms with Gasteiger partial charge in [0.1, 0.15) is 6.04 Å². The smallest absolute Gasteiger partial charge is 0.396 e. The highest BCUT2D eigenvalue weighted by molar-refractivity contribution is 6.32. The molecule has 1 heterocycles. The monoisotopic (exact) mass is 325 g/mol. The van der Waals surface area contributed by atoms with Crippen molar-refractivity contribution in [1.29, 1.82) is 0 Å². The molecule has 0 aromatic carbocycles. The molecule has 2 aliphatic rings. The third-order valence-electron chi connectivity index (χ3n) is 4.87. The van der Waals surface area contributed by atoms with Gasteiger partial charge in [0.15, 0.2) is 0 Å². The van der Waals surface area contributed by atoms with E-state index in [0.717, 1.165) is 31.6 Å². The van der Waals surface area contributed by atoms with Crippen molar-refractivity contribution in [1.82, 2.24) is 4.90 Å². The maximum Gasteiger partial charge on any atom is 0.396 e. The quantitative estimate of drug-likeness (QED) is 0.439. The SMILES string of the molecule is COC(=O)C(=O)N1CCCCC1C(=O)OCCCC1CCCC1. The van der Waals surface area contributed by atoms with E-state index in [0.29, 0.717) is 19.6 Å². The predicted octanol–water partition coefficient (Wildman–Crippen LogP) is 2.05. The number of nitrogens with zero attached hydrogens (tertiary/aromatic N) is 1. The Labute approximate surface area is 137 Å². The summed E-state index contributed by atoms with van der Waals surface area (Å²) in [4.78, 5) is 37.0. The summed E-state index contributed by atoms with van der Waals surface area (Å²) in [7, 11) is 1.17. The van der Waals surface area contributed by atoms with Crippen LogP contribution in [-0.4, -0.2) is 49.0 Å². The molecule has 1 aliphatic carbocycles. The second kappa shape index (κ2) is 8.89. The van der Waals surface area contributed by atoms with Gasteiger partial charge in [0, 0.05) is 6.54 Å². The molecule has 0 radical (unpaired) electrons. The van der Waals surface area contributed by atoms with E-state index in [2.05, 4.69) is 4.74 Å². The van der Waals surface area contributed by atoms with Crippen LogP contribution in [0.5, 0.6) is 0 Å². The zero-order chi connectivity index (χ0) is 16.7. The summed E-state index contributed by atoms with van der Waals surface area (Å²) in [6, 6.07) is -0.651. The maximum atomic E-state index is 12.3. The Balaban J connectivity index is 1.78. The number of likely N-dealkylation sites (tertiary alicyclic amines) is 1. The fourth-order valence-corrected chi connectivity index (χ4v) is 3.56. The first kappa shape index (κ1) is 17.8. The van der Waals surface area contributed by atoms with Crippen molar-refractivity contribution in [2.75, 3.05) is 20.3 Å². The molecule has 1 saturated heterocycles. The molecule has 0 bridgehead atoms. The number of carbonyl (C=O) groups is 3. The molecule has 1 atom stereocenters. The summed E-state index contributed by atoms with van der Waals surface area (Å²) in [6.07, 6.45) is 9.37. The third kappa shape index (κ3) is 4.94. The van der Waals surface area contributed by atoms with Gasteiger partial charge in [0.25, 0.3) is 0 Å². The van der Waals surface area contributed by atoms with Crippen LogP contribution in [-0.2, 0) is 23.9 Å². The molecule has 1 unspecified atom stereocenters. The average Bonchev–Trinajstić information content (AvgIpc) is 3.10. The molecule has 1 saturated carbocycles. The molecule has 1 amide bonds. The van der Waals surface area contributed by atoms with Crippen LogP contribution >= 0.6 is 0 Å². The Kier molecular flexibility index (Phi) is 6.86. The number of methoxy groups -OCH3 is 1. The van der Waals surface area contributed by atoms with Crippen LogP contribution < -0.4 is 0 Å². The minimum absolute atomic E-state index is 0.395. The summed E-state index contributed by atoms with van der Waals surface area (Å²) < 4.78 is 9.82. The van der Waals surface area contributed by atoms with Crippen molar-refractivity contribution in [3.8, 4) is 0 Å². The second-order valence-electron chi connectivity index (χ2n) is 6.46. The van der Waals surface area contributed by atoms with Crippen molar-refractivity contribution >= 4 is 17.8 Å². The topological polar surface area (TPSA) is 72.9 Å². The molecule has 6 nitrogen and oxygen atoms in total. The van der Waals surface area contributed by atoms with E-state index < -0.39 is 23.9 Å². The molecule has 1 aliphatic heterocycles. The Morgan fingerprint density at radius 3 is 2.43 bits per heavy atom. The number of carbonyl (C=O) groups excluding carboxylic acids is 3. The fraction of sp³-hybridized carbons (Fsp3) is 0.824. The van der Waals surface area contributed by atoms with E-state index in [-0.39, 0.29) is 0 Å². The Bertz CT molecular complexity index is 431. The highest BCUT2D eigenvalue weighted by atomic mass is 16.5. The number of rotatable bonds is 5. The highest BCUT2D eigenvalue weighted by Crippen LogP contribution is 2.28. The van der Waals surface area contributed by atoms with Crippen LogP contribution in [0.1, 0.15) is 57.8 Å². The summed E-state index contributed by atoms with van der Waals surface area (Å²) in [5.74, 6) is -1.29. The van der Waals surface area contributed by atoms with E-state index in [9.17, 15) is 14.4 Å². The normalized spacial score (nSPS) is 22.0. The summed E-state index contributed by atoms with van der Waals surface area (Å²) >= 11 is 0. The summed E-state index contributed by atoms with van der Waals surface area (Å²) in [5, 5.41) is 0. The summed E-state index contributed by atoms with van der Waals surface area (Å²) in [6.45, 7) is 0.794. The summed E-state index contributed by atoms with van der Waals surface area (Å²) in [5.41, 5.74) is 0. The molecule has 6 heteroatoms. The molecule has 23 heavy (non-hydrogen) atoms. The fourth-order valence-electron chi connectivity index (χ4n) is 3.56. The Morgan fingerprint density at radius 2 is 1.74 bits per heavy atom. The van der Waals surface area contributed by atoms with E-state index in [1.54, 1.807) is 0 Å². The van der Waals surface area contributed by atoms with Gasteiger partial charge in [-0.25, -0.2) is 9.59 Å². The van der Waals surface area contributed by atoms with Crippen LogP contribution in [0, 0.1) is 5.92 Å². The molecule has 2 rings (SSSR count). The first-order valence-electron chi connectivity index (χ1n) is 8.69. The largest absolute Gasteiger partial charge is 0.464 e. The van der Waals surface area contributed by atoms with Crippen molar-refractivity contribution < 1.29 is 23.9 Å². The standard InChI is InChI=1S/C17H27NO5/c1-22-17(21)15(19)18-11-5-4-10-14(18)16(20)23-12-6-9-13-7-2-3-8-13/h13-14H,2-12H2,1H3. The number of hydrogen-bond donors (Lipinski definition) is 0. The number of hydrogen-bond acceptors (Lipinski definition) is 5. The Hall–Kier alpha value is -1.59. The van der Waals surface area contributed by atoms with Gasteiger partial charge in [0.2, 0.25) is 0 Å². The van der Waals surface area contributed by atoms with Gasteiger partial charge in [-0.3, -0.25) is 4.79 Å². The maximum absolute atomic E-state index is 12.3. The van der Waals surface area contributed by atoms with Crippen molar-refractivity contribution in [3.05, 3.63) is 0 Å². The minimum atomic E-state index is -0.925. The van der Waals surface area contributed by atoms with Crippen molar-refractivity contribution in [2.45, 2.75) is 63.8 Å². The van der Waals surface area contributed by atoms with Gasteiger partial charge < -0.3 is 14.4 Å². The van der Waals surface area contributed by atoms with Crippen LogP contribution in [0.15, 0.2) is 0 Å². The molecule has 130 valence electrons. The van der Waals surface area contributed by atoms with Crippen LogP contribution in [0.25, 0.3) is 0 Å². The van der Waals surface area contributed by atoms with Gasteiger partial charge in [0.05, 0.1) is 13.7 Å². The Morgan fingerprint density at radius 1 is 1.04 bits per heavy atom. The van der Waals surface area contributed by atoms with Crippen LogP contribution in [0.3, 0.4) is 0 Å². The first-order chi connectivity index (χ1) is 11.1. The zero-order valence-electron chi connectivity index (χ0n) is 13.9. The van der Waals surface area contributed by atoms with Crippen molar-refractivity contribution in [3.63, 3.8) is 0 Å². The first-order valence-corrected chi connectivity index (χ1v) is 8.69. The van der Waals surface area contributed by atoms with E-state index in [4.69, 9.17) is 4.74 Å². The van der Waals surface area contributed by atoms with E-state index in [1.807, 2.05) is 0 Å². The van der Waals surface area contributed by atoms with Gasteiger partial charge in [-0.1, -0.05) is 25.7 Å². The predicted molar refractivity (Wildman–Crippen MR) is 83.5 cm³/mol. The number of amides is 1. The molecular formula is C17H27NO5. The highest BCUT2D eigenvalue weighted by Gasteiger charge is 2.36. The average molecular weight is 325 g/mol. The minimum Gasteiger partial charge on any atom is -0.464 e. The van der Waals surface area contributed by atoms with Gasteiger partial charge >= 0.3 is 17.8 Å². The number of ether oxygens (including phenoxy) is 2. The van der Waals surface area contributed by atoms with Crippen LogP contribution in [0.4, 0.5) is 0 Å². The second-order valence-corrected chi connectivity index (χ2v) is 6.46. The molecule has 0 spiro atoms. The lowest BCUT2D eigenvalue weighted by atomic mass is 10.0. The van der Waals surface area contributed by atoms with Gasteiger partial charge in [-0.2, -0.15) is 0 Å². The lowest BCUT2D eigenvalue weighted by Gasteiger charge is -2.33. The van der Waals surface area contributed by atoms with E-state index in [1.165, 1.54) is 37.7 Å². The van der Waals surface area contributed by atoms with Gasteiger partial charge in [-0.05, 0) is 38.0 Å². The molecule has 0 aromatic rings. The lowest BCUT2D eigenvalue weighted by molar-refractivity contribution is -0.165. The third-order valence-corrected chi connectivity index (χ3v) is 4.87. The van der Waals surface area contributed by atoms with Gasteiger partial charge in [-0.15, -0.1) is 0 Å². The number of esters is 2. The molecule has 2 fully saturated rings. The zero-order valence-corrected chi connectivity index (χ0v) is 13.9. The van der Waals surface area contributed by atoms with Crippen molar-refractivity contribution in [2.24, 2.45) is 5.92 Å².